The minimum Gasteiger partial charge on any atom is -0.382 e. The molecule has 1 fully saturated rings. The fourth-order valence-electron chi connectivity index (χ4n) is 1.65. The molecule has 1 atom stereocenters. The third-order valence-corrected chi connectivity index (χ3v) is 4.44. The maximum atomic E-state index is 5.72. The van der Waals surface area contributed by atoms with E-state index in [0.29, 0.717) is 10.8 Å². The van der Waals surface area contributed by atoms with Crippen molar-refractivity contribution >= 4 is 9.52 Å². The predicted octanol–water partition coefficient (Wildman–Crippen LogP) is 1.90. The normalized spacial score (nSPS) is 28.1. The molecule has 0 aromatic heterocycles. The van der Waals surface area contributed by atoms with E-state index in [9.17, 15) is 0 Å². The molecule has 0 saturated carbocycles. The Labute approximate surface area is 72.3 Å². The molecular weight excluding hydrogens is 152 g/mol. The lowest BCUT2D eigenvalue weighted by Crippen LogP contribution is -2.30. The van der Waals surface area contributed by atoms with Crippen molar-refractivity contribution in [3.05, 3.63) is 0 Å². The SMILES string of the molecule is CC(C)(C)[SiH2]C1CCCCO1. The molecule has 0 aromatic rings. The van der Waals surface area contributed by atoms with Crippen molar-refractivity contribution in [1.29, 1.82) is 0 Å². The first-order valence-electron chi connectivity index (χ1n) is 4.69. The molecule has 1 rings (SSSR count). The molecule has 0 radical (unpaired) electrons. The second-order valence-electron chi connectivity index (χ2n) is 4.75. The van der Waals surface area contributed by atoms with Crippen LogP contribution in [0.25, 0.3) is 0 Å². The van der Waals surface area contributed by atoms with Crippen molar-refractivity contribution in [3.8, 4) is 0 Å². The van der Waals surface area contributed by atoms with E-state index in [-0.39, 0.29) is 9.52 Å². The Morgan fingerprint density at radius 3 is 2.45 bits per heavy atom. The fraction of sp³-hybridized carbons (Fsp3) is 1.00. The molecule has 11 heavy (non-hydrogen) atoms. The summed E-state index contributed by atoms with van der Waals surface area (Å²) in [5, 5.41) is 0.571. The van der Waals surface area contributed by atoms with E-state index in [2.05, 4.69) is 20.8 Å². The fourth-order valence-corrected chi connectivity index (χ4v) is 3.79. The van der Waals surface area contributed by atoms with Gasteiger partial charge in [0.1, 0.15) is 0 Å². The summed E-state index contributed by atoms with van der Waals surface area (Å²) >= 11 is 0. The van der Waals surface area contributed by atoms with Crippen LogP contribution in [-0.2, 0) is 4.74 Å². The molecule has 0 spiro atoms. The van der Waals surface area contributed by atoms with Crippen molar-refractivity contribution in [2.45, 2.75) is 50.8 Å². The smallest absolute Gasteiger partial charge is 0.0613 e. The van der Waals surface area contributed by atoms with E-state index >= 15 is 0 Å². The topological polar surface area (TPSA) is 9.23 Å². The van der Waals surface area contributed by atoms with Gasteiger partial charge in [-0.05, 0) is 24.3 Å². The Hall–Kier alpha value is 0.177. The van der Waals surface area contributed by atoms with Crippen molar-refractivity contribution in [2.75, 3.05) is 6.61 Å². The van der Waals surface area contributed by atoms with E-state index in [4.69, 9.17) is 4.74 Å². The molecule has 1 aliphatic rings. The molecule has 1 heterocycles. The average Bonchev–Trinajstić information content (AvgIpc) is 1.85. The van der Waals surface area contributed by atoms with Crippen LogP contribution in [-0.4, -0.2) is 21.9 Å². The first-order chi connectivity index (χ1) is 5.08. The largest absolute Gasteiger partial charge is 0.382 e. The van der Waals surface area contributed by atoms with Crippen LogP contribution in [0.1, 0.15) is 40.0 Å². The third kappa shape index (κ3) is 3.92. The predicted molar refractivity (Wildman–Crippen MR) is 51.9 cm³/mol. The second-order valence-corrected chi connectivity index (χ2v) is 8.19. The second kappa shape index (κ2) is 3.72. The van der Waals surface area contributed by atoms with Gasteiger partial charge in [-0.25, -0.2) is 0 Å². The average molecular weight is 172 g/mol. The Balaban J connectivity index is 2.24. The van der Waals surface area contributed by atoms with Gasteiger partial charge in [0, 0.05) is 12.3 Å². The van der Waals surface area contributed by atoms with Gasteiger partial charge in [0.2, 0.25) is 0 Å². The first kappa shape index (κ1) is 9.27. The Morgan fingerprint density at radius 1 is 1.27 bits per heavy atom. The van der Waals surface area contributed by atoms with Gasteiger partial charge in [0.15, 0.2) is 0 Å². The van der Waals surface area contributed by atoms with Crippen LogP contribution in [0.5, 0.6) is 0 Å². The highest BCUT2D eigenvalue weighted by Crippen LogP contribution is 2.25. The Kier molecular flexibility index (Phi) is 3.13. The molecule has 0 amide bonds. The molecule has 2 heteroatoms. The molecule has 1 unspecified atom stereocenters. The highest BCUT2D eigenvalue weighted by Gasteiger charge is 2.21. The van der Waals surface area contributed by atoms with Gasteiger partial charge in [0.25, 0.3) is 0 Å². The lowest BCUT2D eigenvalue weighted by molar-refractivity contribution is 0.0635. The van der Waals surface area contributed by atoms with Gasteiger partial charge >= 0.3 is 0 Å². The summed E-state index contributed by atoms with van der Waals surface area (Å²) < 4.78 is 5.72. The molecule has 1 saturated heterocycles. The maximum absolute atomic E-state index is 5.72. The summed E-state index contributed by atoms with van der Waals surface area (Å²) in [5.74, 6) is 0. The molecule has 1 aliphatic heterocycles. The van der Waals surface area contributed by atoms with E-state index in [1.54, 1.807) is 0 Å². The summed E-state index contributed by atoms with van der Waals surface area (Å²) in [4.78, 5) is 0. The summed E-state index contributed by atoms with van der Waals surface area (Å²) in [6.07, 6.45) is 4.02. The van der Waals surface area contributed by atoms with E-state index in [1.165, 1.54) is 19.3 Å². The minimum atomic E-state index is -0.0184. The van der Waals surface area contributed by atoms with Gasteiger partial charge in [-0.2, -0.15) is 0 Å². The van der Waals surface area contributed by atoms with E-state index in [0.717, 1.165) is 6.61 Å². The summed E-state index contributed by atoms with van der Waals surface area (Å²) in [6, 6.07) is 0. The van der Waals surface area contributed by atoms with Gasteiger partial charge < -0.3 is 4.74 Å². The maximum Gasteiger partial charge on any atom is 0.0613 e. The summed E-state index contributed by atoms with van der Waals surface area (Å²) in [6.45, 7) is 8.05. The van der Waals surface area contributed by atoms with Crippen LogP contribution in [0, 0.1) is 0 Å². The minimum absolute atomic E-state index is 0.0184. The van der Waals surface area contributed by atoms with Crippen LogP contribution < -0.4 is 0 Å². The van der Waals surface area contributed by atoms with Crippen LogP contribution >= 0.6 is 0 Å². The zero-order valence-corrected chi connectivity index (χ0v) is 9.44. The molecule has 0 bridgehead atoms. The first-order valence-corrected chi connectivity index (χ1v) is 6.22. The zero-order chi connectivity index (χ0) is 8.32. The van der Waals surface area contributed by atoms with Crippen LogP contribution in [0.2, 0.25) is 5.04 Å². The lowest BCUT2D eigenvalue weighted by atomic mass is 10.2. The number of rotatable bonds is 1. The summed E-state index contributed by atoms with van der Waals surface area (Å²) in [7, 11) is -0.0184. The number of hydrogen-bond acceptors (Lipinski definition) is 1. The van der Waals surface area contributed by atoms with Gasteiger partial charge in [-0.15, -0.1) is 0 Å². The lowest BCUT2D eigenvalue weighted by Gasteiger charge is -2.28. The molecule has 0 N–H and O–H groups in total. The van der Waals surface area contributed by atoms with Crippen LogP contribution in [0.3, 0.4) is 0 Å². The monoisotopic (exact) mass is 172 g/mol. The molecule has 66 valence electrons. The van der Waals surface area contributed by atoms with Gasteiger partial charge in [0.05, 0.1) is 9.52 Å². The van der Waals surface area contributed by atoms with E-state index < -0.39 is 0 Å². The van der Waals surface area contributed by atoms with Crippen molar-refractivity contribution in [1.82, 2.24) is 0 Å². The molecular formula is C9H20OSi. The standard InChI is InChI=1S/C9H20OSi/c1-9(2,3)11-8-6-4-5-7-10-8/h8H,4-7,11H2,1-3H3. The Morgan fingerprint density at radius 2 is 2.00 bits per heavy atom. The molecule has 0 aromatic carbocycles. The molecule has 0 aliphatic carbocycles. The molecule has 1 nitrogen and oxygen atoms in total. The van der Waals surface area contributed by atoms with Gasteiger partial charge in [-0.3, -0.25) is 0 Å². The summed E-state index contributed by atoms with van der Waals surface area (Å²) in [5.41, 5.74) is 0.684. The van der Waals surface area contributed by atoms with Crippen LogP contribution in [0.15, 0.2) is 0 Å². The van der Waals surface area contributed by atoms with Crippen molar-refractivity contribution in [2.24, 2.45) is 0 Å². The van der Waals surface area contributed by atoms with Crippen molar-refractivity contribution < 1.29 is 4.74 Å². The van der Waals surface area contributed by atoms with Crippen molar-refractivity contribution in [3.63, 3.8) is 0 Å². The number of ether oxygens (including phenoxy) is 1. The quantitative estimate of drug-likeness (QED) is 0.549. The van der Waals surface area contributed by atoms with Crippen LogP contribution in [0.4, 0.5) is 0 Å². The Bertz CT molecular complexity index is 111. The van der Waals surface area contributed by atoms with Gasteiger partial charge in [-0.1, -0.05) is 20.8 Å². The highest BCUT2D eigenvalue weighted by atomic mass is 28.2. The zero-order valence-electron chi connectivity index (χ0n) is 8.02. The van der Waals surface area contributed by atoms with E-state index in [1.807, 2.05) is 0 Å². The number of hydrogen-bond donors (Lipinski definition) is 0. The third-order valence-electron chi connectivity index (χ3n) is 2.11. The highest BCUT2D eigenvalue weighted by molar-refractivity contribution is 6.41.